The number of hydrogen-bond acceptors (Lipinski definition) is 4. The smallest absolute Gasteiger partial charge is 0.217 e. The Balaban J connectivity index is 1.98. The number of aromatic nitrogens is 1. The second-order valence-corrected chi connectivity index (χ2v) is 4.77. The standard InChI is InChI=1S/C13H16N2OS/c1-10(12-6-4-8-17-12)15-9-11-5-3-7-14-13(11)16-2/h3-8,10,15H,9H2,1-2H3/t10-/m0/s1. The number of methoxy groups -OCH3 is 1. The molecule has 1 atom stereocenters. The molecule has 0 aliphatic heterocycles. The maximum atomic E-state index is 5.22. The third-order valence-corrected chi connectivity index (χ3v) is 3.67. The first-order chi connectivity index (χ1) is 8.31. The van der Waals surface area contributed by atoms with Crippen LogP contribution in [0, 0.1) is 0 Å². The topological polar surface area (TPSA) is 34.1 Å². The molecule has 0 aliphatic carbocycles. The highest BCUT2D eigenvalue weighted by Crippen LogP contribution is 2.20. The lowest BCUT2D eigenvalue weighted by atomic mass is 10.2. The third-order valence-electron chi connectivity index (χ3n) is 2.61. The first-order valence-electron chi connectivity index (χ1n) is 5.56. The van der Waals surface area contributed by atoms with E-state index in [1.165, 1.54) is 4.88 Å². The van der Waals surface area contributed by atoms with Gasteiger partial charge in [-0.3, -0.25) is 0 Å². The van der Waals surface area contributed by atoms with Crippen molar-refractivity contribution in [3.63, 3.8) is 0 Å². The van der Waals surface area contributed by atoms with Crippen molar-refractivity contribution in [1.82, 2.24) is 10.3 Å². The zero-order valence-corrected chi connectivity index (χ0v) is 10.8. The number of hydrogen-bond donors (Lipinski definition) is 1. The van der Waals surface area contributed by atoms with Crippen LogP contribution >= 0.6 is 11.3 Å². The molecule has 2 heterocycles. The Labute approximate surface area is 105 Å². The van der Waals surface area contributed by atoms with Crippen molar-refractivity contribution >= 4 is 11.3 Å². The highest BCUT2D eigenvalue weighted by Gasteiger charge is 2.08. The largest absolute Gasteiger partial charge is 0.481 e. The van der Waals surface area contributed by atoms with Crippen molar-refractivity contribution in [3.05, 3.63) is 46.3 Å². The van der Waals surface area contributed by atoms with Gasteiger partial charge in [-0.05, 0) is 24.4 Å². The molecule has 3 nitrogen and oxygen atoms in total. The van der Waals surface area contributed by atoms with E-state index in [4.69, 9.17) is 4.74 Å². The molecule has 2 aromatic rings. The maximum absolute atomic E-state index is 5.22. The molecule has 90 valence electrons. The molecule has 0 radical (unpaired) electrons. The zero-order valence-electron chi connectivity index (χ0n) is 10.0. The fourth-order valence-corrected chi connectivity index (χ4v) is 2.40. The highest BCUT2D eigenvalue weighted by molar-refractivity contribution is 7.10. The SMILES string of the molecule is COc1ncccc1CN[C@@H](C)c1cccs1. The van der Waals surface area contributed by atoms with Gasteiger partial charge in [-0.25, -0.2) is 4.98 Å². The summed E-state index contributed by atoms with van der Waals surface area (Å²) in [6, 6.07) is 8.51. The van der Waals surface area contributed by atoms with Gasteiger partial charge in [0.25, 0.3) is 0 Å². The van der Waals surface area contributed by atoms with Crippen molar-refractivity contribution in [2.45, 2.75) is 19.5 Å². The molecule has 2 rings (SSSR count). The first kappa shape index (κ1) is 12.1. The molecular formula is C13H16N2OS. The second-order valence-electron chi connectivity index (χ2n) is 3.79. The number of pyridine rings is 1. The normalized spacial score (nSPS) is 12.4. The molecular weight excluding hydrogens is 232 g/mol. The number of nitrogens with zero attached hydrogens (tertiary/aromatic N) is 1. The lowest BCUT2D eigenvalue weighted by Gasteiger charge is -2.13. The van der Waals surface area contributed by atoms with E-state index in [1.807, 2.05) is 12.1 Å². The van der Waals surface area contributed by atoms with Gasteiger partial charge < -0.3 is 10.1 Å². The summed E-state index contributed by atoms with van der Waals surface area (Å²) in [6.45, 7) is 2.92. The van der Waals surface area contributed by atoms with E-state index >= 15 is 0 Å². The minimum atomic E-state index is 0.347. The van der Waals surface area contributed by atoms with Crippen LogP contribution in [0.5, 0.6) is 5.88 Å². The molecule has 1 N–H and O–H groups in total. The van der Waals surface area contributed by atoms with E-state index in [0.29, 0.717) is 11.9 Å². The number of nitrogens with one attached hydrogen (secondary N) is 1. The van der Waals surface area contributed by atoms with Crippen LogP contribution in [0.3, 0.4) is 0 Å². The summed E-state index contributed by atoms with van der Waals surface area (Å²) in [4.78, 5) is 5.52. The Morgan fingerprint density at radius 3 is 3.00 bits per heavy atom. The Kier molecular flexibility index (Phi) is 4.12. The molecule has 0 fully saturated rings. The third kappa shape index (κ3) is 3.05. The summed E-state index contributed by atoms with van der Waals surface area (Å²) in [5, 5.41) is 5.56. The number of rotatable bonds is 5. The van der Waals surface area contributed by atoms with Gasteiger partial charge in [0.2, 0.25) is 5.88 Å². The van der Waals surface area contributed by atoms with Crippen molar-refractivity contribution in [2.24, 2.45) is 0 Å². The summed E-state index contributed by atoms with van der Waals surface area (Å²) in [6.07, 6.45) is 1.74. The predicted molar refractivity (Wildman–Crippen MR) is 70.4 cm³/mol. The number of ether oxygens (including phenoxy) is 1. The molecule has 0 spiro atoms. The van der Waals surface area contributed by atoms with Crippen LogP contribution in [0.15, 0.2) is 35.8 Å². The summed E-state index contributed by atoms with van der Waals surface area (Å²) in [5.74, 6) is 0.693. The van der Waals surface area contributed by atoms with E-state index in [0.717, 1.165) is 12.1 Å². The van der Waals surface area contributed by atoms with E-state index in [-0.39, 0.29) is 0 Å². The second kappa shape index (κ2) is 5.80. The van der Waals surface area contributed by atoms with Crippen LogP contribution in [0.2, 0.25) is 0 Å². The van der Waals surface area contributed by atoms with Crippen molar-refractivity contribution < 1.29 is 4.74 Å². The van der Waals surface area contributed by atoms with Gasteiger partial charge in [0.1, 0.15) is 0 Å². The quantitative estimate of drug-likeness (QED) is 0.883. The van der Waals surface area contributed by atoms with Crippen LogP contribution in [0.4, 0.5) is 0 Å². The van der Waals surface area contributed by atoms with Crippen molar-refractivity contribution in [1.29, 1.82) is 0 Å². The Bertz CT molecular complexity index is 456. The highest BCUT2D eigenvalue weighted by atomic mass is 32.1. The molecule has 0 unspecified atom stereocenters. The van der Waals surface area contributed by atoms with Crippen LogP contribution in [-0.2, 0) is 6.54 Å². The monoisotopic (exact) mass is 248 g/mol. The average molecular weight is 248 g/mol. The maximum Gasteiger partial charge on any atom is 0.217 e. The van der Waals surface area contributed by atoms with Gasteiger partial charge in [-0.2, -0.15) is 0 Å². The van der Waals surface area contributed by atoms with Crippen LogP contribution < -0.4 is 10.1 Å². The Morgan fingerprint density at radius 2 is 2.29 bits per heavy atom. The predicted octanol–water partition coefficient (Wildman–Crippen LogP) is 3.00. The molecule has 0 amide bonds. The molecule has 0 bridgehead atoms. The van der Waals surface area contributed by atoms with Gasteiger partial charge in [-0.1, -0.05) is 12.1 Å². The van der Waals surface area contributed by atoms with Crippen LogP contribution in [0.1, 0.15) is 23.4 Å². The van der Waals surface area contributed by atoms with Gasteiger partial charge in [-0.15, -0.1) is 11.3 Å². The number of thiophene rings is 1. The van der Waals surface area contributed by atoms with Crippen molar-refractivity contribution in [3.8, 4) is 5.88 Å². The van der Waals surface area contributed by atoms with Gasteiger partial charge in [0.15, 0.2) is 0 Å². The Hall–Kier alpha value is -1.39. The molecule has 0 aliphatic rings. The van der Waals surface area contributed by atoms with Crippen LogP contribution in [0.25, 0.3) is 0 Å². The lowest BCUT2D eigenvalue weighted by molar-refractivity contribution is 0.389. The first-order valence-corrected chi connectivity index (χ1v) is 6.44. The molecule has 2 aromatic heterocycles. The summed E-state index contributed by atoms with van der Waals surface area (Å²) < 4.78 is 5.22. The van der Waals surface area contributed by atoms with Gasteiger partial charge >= 0.3 is 0 Å². The van der Waals surface area contributed by atoms with E-state index in [9.17, 15) is 0 Å². The molecule has 17 heavy (non-hydrogen) atoms. The Morgan fingerprint density at radius 1 is 1.41 bits per heavy atom. The zero-order chi connectivity index (χ0) is 12.1. The minimum absolute atomic E-state index is 0.347. The van der Waals surface area contributed by atoms with E-state index < -0.39 is 0 Å². The van der Waals surface area contributed by atoms with Crippen molar-refractivity contribution in [2.75, 3.05) is 7.11 Å². The molecule has 0 saturated heterocycles. The summed E-state index contributed by atoms with van der Waals surface area (Å²) in [7, 11) is 1.65. The molecule has 0 aromatic carbocycles. The molecule has 0 saturated carbocycles. The fraction of sp³-hybridized carbons (Fsp3) is 0.308. The van der Waals surface area contributed by atoms with Gasteiger partial charge in [0, 0.05) is 29.2 Å². The summed E-state index contributed by atoms with van der Waals surface area (Å²) >= 11 is 1.77. The fourth-order valence-electron chi connectivity index (χ4n) is 1.64. The minimum Gasteiger partial charge on any atom is -0.481 e. The molecule has 4 heteroatoms. The van der Waals surface area contributed by atoms with E-state index in [1.54, 1.807) is 24.6 Å². The van der Waals surface area contributed by atoms with Gasteiger partial charge in [0.05, 0.1) is 7.11 Å². The average Bonchev–Trinajstić information content (AvgIpc) is 2.90. The summed E-state index contributed by atoms with van der Waals surface area (Å²) in [5.41, 5.74) is 1.08. The lowest BCUT2D eigenvalue weighted by Crippen LogP contribution is -2.17. The van der Waals surface area contributed by atoms with E-state index in [2.05, 4.69) is 34.7 Å². The van der Waals surface area contributed by atoms with Crippen LogP contribution in [-0.4, -0.2) is 12.1 Å².